The number of likely N-dealkylation sites (tertiary alicyclic amines) is 1. The molecule has 3 atom stereocenters. The van der Waals surface area contributed by atoms with Crippen LogP contribution in [-0.2, 0) is 0 Å². The molecule has 3 aromatic rings. The van der Waals surface area contributed by atoms with Crippen LogP contribution in [0.1, 0.15) is 36.8 Å². The summed E-state index contributed by atoms with van der Waals surface area (Å²) in [5, 5.41) is 21.8. The Morgan fingerprint density at radius 3 is 2.94 bits per heavy atom. The number of oxazole rings is 1. The number of aliphatic hydroxyl groups excluding tert-OH is 2. The quantitative estimate of drug-likeness (QED) is 0.551. The first-order chi connectivity index (χ1) is 15.7. The SMILES string of the molecule is COc1ccc2nccc([C@H](O)CC[C@@H]3CCN(CC#Cc4ncco4)C[C@@H]3CO)c2c1. The maximum atomic E-state index is 11.0. The molecule has 0 bridgehead atoms. The molecule has 1 aromatic carbocycles. The monoisotopic (exact) mass is 435 g/mol. The number of ether oxygens (including phenoxy) is 1. The fourth-order valence-electron chi connectivity index (χ4n) is 4.49. The molecule has 2 aromatic heterocycles. The van der Waals surface area contributed by atoms with Crippen molar-refractivity contribution in [1.82, 2.24) is 14.9 Å². The van der Waals surface area contributed by atoms with Gasteiger partial charge in [0, 0.05) is 24.7 Å². The zero-order chi connectivity index (χ0) is 22.3. The summed E-state index contributed by atoms with van der Waals surface area (Å²) in [5.41, 5.74) is 1.71. The molecule has 1 aliphatic heterocycles. The van der Waals surface area contributed by atoms with E-state index in [1.165, 1.54) is 6.26 Å². The summed E-state index contributed by atoms with van der Waals surface area (Å²) in [6.45, 7) is 2.48. The molecule has 0 radical (unpaired) electrons. The molecule has 168 valence electrons. The molecule has 0 amide bonds. The third-order valence-electron chi connectivity index (χ3n) is 6.29. The first-order valence-electron chi connectivity index (χ1n) is 11.0. The summed E-state index contributed by atoms with van der Waals surface area (Å²) in [5.74, 6) is 7.73. The summed E-state index contributed by atoms with van der Waals surface area (Å²) in [6.07, 6.45) is 6.72. The van der Waals surface area contributed by atoms with Crippen molar-refractivity contribution < 1.29 is 19.4 Å². The summed E-state index contributed by atoms with van der Waals surface area (Å²) in [6, 6.07) is 7.59. The number of hydrogen-bond acceptors (Lipinski definition) is 7. The third kappa shape index (κ3) is 5.28. The molecule has 32 heavy (non-hydrogen) atoms. The van der Waals surface area contributed by atoms with Gasteiger partial charge in [-0.2, -0.15) is 0 Å². The van der Waals surface area contributed by atoms with Gasteiger partial charge in [-0.15, -0.1) is 0 Å². The number of nitrogens with zero attached hydrogens (tertiary/aromatic N) is 3. The molecule has 1 aliphatic rings. The van der Waals surface area contributed by atoms with Gasteiger partial charge in [0.1, 0.15) is 12.0 Å². The van der Waals surface area contributed by atoms with Crippen LogP contribution < -0.4 is 4.74 Å². The van der Waals surface area contributed by atoms with Crippen LogP contribution in [0.3, 0.4) is 0 Å². The molecule has 3 heterocycles. The van der Waals surface area contributed by atoms with Gasteiger partial charge in [0.25, 0.3) is 5.89 Å². The van der Waals surface area contributed by atoms with Gasteiger partial charge >= 0.3 is 0 Å². The smallest absolute Gasteiger partial charge is 0.273 e. The Balaban J connectivity index is 1.35. The molecular weight excluding hydrogens is 406 g/mol. The predicted molar refractivity (Wildman–Crippen MR) is 121 cm³/mol. The summed E-state index contributed by atoms with van der Waals surface area (Å²) >= 11 is 0. The molecular formula is C25H29N3O4. The van der Waals surface area contributed by atoms with Gasteiger partial charge in [-0.25, -0.2) is 4.98 Å². The van der Waals surface area contributed by atoms with Crippen molar-refractivity contribution in [2.24, 2.45) is 11.8 Å². The Bertz CT molecular complexity index is 1070. The Kier molecular flexibility index (Phi) is 7.38. The molecule has 0 aliphatic carbocycles. The number of piperidine rings is 1. The number of aromatic nitrogens is 2. The largest absolute Gasteiger partial charge is 0.497 e. The van der Waals surface area contributed by atoms with Crippen molar-refractivity contribution in [3.05, 3.63) is 54.4 Å². The minimum Gasteiger partial charge on any atom is -0.497 e. The normalized spacial score (nSPS) is 20.0. The molecule has 1 fully saturated rings. The molecule has 0 spiro atoms. The van der Waals surface area contributed by atoms with Crippen LogP contribution in [0.4, 0.5) is 0 Å². The maximum absolute atomic E-state index is 11.0. The van der Waals surface area contributed by atoms with Crippen LogP contribution in [0.2, 0.25) is 0 Å². The number of hydrogen-bond donors (Lipinski definition) is 2. The van der Waals surface area contributed by atoms with Crippen LogP contribution in [-0.4, -0.2) is 58.4 Å². The topological polar surface area (TPSA) is 91.9 Å². The van der Waals surface area contributed by atoms with Gasteiger partial charge in [0.2, 0.25) is 0 Å². The molecule has 4 rings (SSSR count). The van der Waals surface area contributed by atoms with Gasteiger partial charge < -0.3 is 19.4 Å². The van der Waals surface area contributed by atoms with Crippen molar-refractivity contribution in [2.45, 2.75) is 25.4 Å². The molecule has 1 saturated heterocycles. The van der Waals surface area contributed by atoms with E-state index in [0.29, 0.717) is 24.8 Å². The maximum Gasteiger partial charge on any atom is 0.273 e. The van der Waals surface area contributed by atoms with E-state index in [-0.39, 0.29) is 12.5 Å². The number of pyridine rings is 1. The van der Waals surface area contributed by atoms with Crippen molar-refractivity contribution in [1.29, 1.82) is 0 Å². The lowest BCUT2D eigenvalue weighted by atomic mass is 9.81. The highest BCUT2D eigenvalue weighted by molar-refractivity contribution is 5.83. The first-order valence-corrected chi connectivity index (χ1v) is 11.0. The Hall–Kier alpha value is -2.92. The van der Waals surface area contributed by atoms with E-state index in [0.717, 1.165) is 48.1 Å². The van der Waals surface area contributed by atoms with E-state index in [1.54, 1.807) is 19.5 Å². The zero-order valence-corrected chi connectivity index (χ0v) is 18.3. The first kappa shape index (κ1) is 22.3. The van der Waals surface area contributed by atoms with Crippen LogP contribution >= 0.6 is 0 Å². The highest BCUT2D eigenvalue weighted by atomic mass is 16.5. The standard InChI is InChI=1S/C25H29N3O4/c1-31-20-5-6-23-22(15-20)21(8-10-26-23)24(30)7-4-18-9-13-28(16-19(18)17-29)12-2-3-25-27-11-14-32-25/h5-6,8,10-11,14-15,18-19,24,29-30H,4,7,9,12-13,16-17H2,1H3/t18-,19-,24-/m1/s1. The molecule has 0 saturated carbocycles. The van der Waals surface area contributed by atoms with E-state index in [9.17, 15) is 10.2 Å². The molecule has 7 nitrogen and oxygen atoms in total. The fourth-order valence-corrected chi connectivity index (χ4v) is 4.49. The average molecular weight is 436 g/mol. The van der Waals surface area contributed by atoms with E-state index in [1.807, 2.05) is 24.3 Å². The molecule has 7 heteroatoms. The van der Waals surface area contributed by atoms with E-state index < -0.39 is 6.10 Å². The lowest BCUT2D eigenvalue weighted by Gasteiger charge is -2.37. The van der Waals surface area contributed by atoms with Gasteiger partial charge in [-0.05, 0) is 73.4 Å². The highest BCUT2D eigenvalue weighted by Gasteiger charge is 2.29. The predicted octanol–water partition coefficient (Wildman–Crippen LogP) is 3.03. The Morgan fingerprint density at radius 1 is 1.25 bits per heavy atom. The number of methoxy groups -OCH3 is 1. The summed E-state index contributed by atoms with van der Waals surface area (Å²) in [4.78, 5) is 10.7. The number of fused-ring (bicyclic) bond motifs is 1. The fraction of sp³-hybridized carbons (Fsp3) is 0.440. The minimum atomic E-state index is -0.586. The second-order valence-corrected chi connectivity index (χ2v) is 8.24. The second-order valence-electron chi connectivity index (χ2n) is 8.24. The van der Waals surface area contributed by atoms with Gasteiger partial charge in [-0.1, -0.05) is 5.92 Å². The van der Waals surface area contributed by atoms with Gasteiger partial charge in [0.05, 0.1) is 31.5 Å². The lowest BCUT2D eigenvalue weighted by Crippen LogP contribution is -2.42. The molecule has 0 unspecified atom stereocenters. The van der Waals surface area contributed by atoms with E-state index in [4.69, 9.17) is 9.15 Å². The minimum absolute atomic E-state index is 0.139. The summed E-state index contributed by atoms with van der Waals surface area (Å²) in [7, 11) is 1.63. The van der Waals surface area contributed by atoms with Crippen molar-refractivity contribution >= 4 is 10.9 Å². The van der Waals surface area contributed by atoms with Crippen molar-refractivity contribution in [3.8, 4) is 17.6 Å². The van der Waals surface area contributed by atoms with E-state index >= 15 is 0 Å². The van der Waals surface area contributed by atoms with Crippen LogP contribution in [0.15, 0.2) is 47.3 Å². The molecule has 2 N–H and O–H groups in total. The van der Waals surface area contributed by atoms with Crippen LogP contribution in [0.25, 0.3) is 10.9 Å². The van der Waals surface area contributed by atoms with Gasteiger partial charge in [0.15, 0.2) is 0 Å². The van der Waals surface area contributed by atoms with Crippen LogP contribution in [0, 0.1) is 23.7 Å². The second kappa shape index (κ2) is 10.6. The highest BCUT2D eigenvalue weighted by Crippen LogP contribution is 2.33. The lowest BCUT2D eigenvalue weighted by molar-refractivity contribution is 0.0640. The zero-order valence-electron chi connectivity index (χ0n) is 18.3. The van der Waals surface area contributed by atoms with Gasteiger partial charge in [-0.3, -0.25) is 9.88 Å². The number of aliphatic hydroxyl groups is 2. The summed E-state index contributed by atoms with van der Waals surface area (Å²) < 4.78 is 10.5. The van der Waals surface area contributed by atoms with E-state index in [2.05, 4.69) is 26.7 Å². The third-order valence-corrected chi connectivity index (χ3v) is 6.29. The Labute approximate surface area is 188 Å². The number of rotatable bonds is 7. The van der Waals surface area contributed by atoms with Crippen molar-refractivity contribution in [3.63, 3.8) is 0 Å². The van der Waals surface area contributed by atoms with Crippen LogP contribution in [0.5, 0.6) is 5.75 Å². The number of benzene rings is 1. The Morgan fingerprint density at radius 2 is 2.16 bits per heavy atom. The average Bonchev–Trinajstić information content (AvgIpc) is 3.35. The van der Waals surface area contributed by atoms with Crippen molar-refractivity contribution in [2.75, 3.05) is 33.4 Å².